The molecule has 108 valence electrons. The highest BCUT2D eigenvalue weighted by molar-refractivity contribution is 6.33. The topological polar surface area (TPSA) is 46.8 Å². The van der Waals surface area contributed by atoms with Gasteiger partial charge in [-0.15, -0.1) is 0 Å². The third kappa shape index (κ3) is 2.79. The predicted octanol–water partition coefficient (Wildman–Crippen LogP) is 2.78. The van der Waals surface area contributed by atoms with Crippen molar-refractivity contribution in [1.29, 1.82) is 0 Å². The zero-order valence-corrected chi connectivity index (χ0v) is 12.8. The number of nitrogens with zero attached hydrogens (tertiary/aromatic N) is 5. The minimum Gasteiger partial charge on any atom is -0.293 e. The minimum absolute atomic E-state index is 0.504. The molecule has 1 fully saturated rings. The summed E-state index contributed by atoms with van der Waals surface area (Å²) in [6.07, 6.45) is 6.75. The second-order valence-electron chi connectivity index (χ2n) is 5.49. The van der Waals surface area contributed by atoms with E-state index in [1.54, 1.807) is 10.9 Å². The van der Waals surface area contributed by atoms with Crippen LogP contribution in [0.3, 0.4) is 0 Å². The van der Waals surface area contributed by atoms with E-state index in [-0.39, 0.29) is 0 Å². The number of rotatable bonds is 6. The first-order valence-corrected chi connectivity index (χ1v) is 7.65. The van der Waals surface area contributed by atoms with Gasteiger partial charge >= 0.3 is 0 Å². The molecule has 0 bridgehead atoms. The largest absolute Gasteiger partial charge is 0.293 e. The summed E-state index contributed by atoms with van der Waals surface area (Å²) >= 11 is 6.24. The molecule has 0 amide bonds. The molecule has 0 saturated heterocycles. The third-order valence-electron chi connectivity index (χ3n) is 3.80. The van der Waals surface area contributed by atoms with Crippen LogP contribution < -0.4 is 0 Å². The van der Waals surface area contributed by atoms with Crippen LogP contribution in [0.2, 0.25) is 5.15 Å². The van der Waals surface area contributed by atoms with E-state index in [1.807, 2.05) is 7.05 Å². The summed E-state index contributed by atoms with van der Waals surface area (Å²) < 4.78 is 1.75. The van der Waals surface area contributed by atoms with Crippen molar-refractivity contribution in [2.24, 2.45) is 7.05 Å². The lowest BCUT2D eigenvalue weighted by Crippen LogP contribution is -2.27. The van der Waals surface area contributed by atoms with Crippen LogP contribution in [0.15, 0.2) is 6.20 Å². The van der Waals surface area contributed by atoms with Crippen molar-refractivity contribution in [3.63, 3.8) is 0 Å². The Morgan fingerprint density at radius 3 is 2.90 bits per heavy atom. The van der Waals surface area contributed by atoms with E-state index in [0.29, 0.717) is 11.2 Å². The number of hydrogen-bond acceptors (Lipinski definition) is 4. The van der Waals surface area contributed by atoms with Crippen molar-refractivity contribution in [2.45, 2.75) is 45.2 Å². The summed E-state index contributed by atoms with van der Waals surface area (Å²) in [6.45, 7) is 4.12. The summed E-state index contributed by atoms with van der Waals surface area (Å²) in [5.74, 6) is 0.800. The summed E-state index contributed by atoms with van der Waals surface area (Å²) in [7, 11) is 1.88. The van der Waals surface area contributed by atoms with Gasteiger partial charge in [-0.25, -0.2) is 9.97 Å². The molecule has 0 unspecified atom stereocenters. The first-order valence-electron chi connectivity index (χ1n) is 7.27. The van der Waals surface area contributed by atoms with Crippen molar-refractivity contribution in [2.75, 3.05) is 6.54 Å². The molecule has 3 rings (SSSR count). The smallest absolute Gasteiger partial charge is 0.162 e. The van der Waals surface area contributed by atoms with Gasteiger partial charge in [0.25, 0.3) is 0 Å². The van der Waals surface area contributed by atoms with Crippen LogP contribution in [-0.2, 0) is 13.6 Å². The number of hydrogen-bond donors (Lipinski definition) is 0. The Kier molecular flexibility index (Phi) is 3.89. The fourth-order valence-corrected chi connectivity index (χ4v) is 2.70. The zero-order valence-electron chi connectivity index (χ0n) is 12.0. The number of halogens is 1. The van der Waals surface area contributed by atoms with Crippen LogP contribution in [0.5, 0.6) is 0 Å². The van der Waals surface area contributed by atoms with E-state index < -0.39 is 0 Å². The fourth-order valence-electron chi connectivity index (χ4n) is 2.47. The monoisotopic (exact) mass is 293 g/mol. The molecule has 1 saturated carbocycles. The highest BCUT2D eigenvalue weighted by atomic mass is 35.5. The van der Waals surface area contributed by atoms with Gasteiger partial charge < -0.3 is 0 Å². The fraction of sp³-hybridized carbons (Fsp3) is 0.643. The molecule has 1 aliphatic rings. The van der Waals surface area contributed by atoms with Gasteiger partial charge in [-0.05, 0) is 25.8 Å². The highest BCUT2D eigenvalue weighted by Crippen LogP contribution is 2.28. The number of unbranched alkanes of at least 4 members (excludes halogenated alkanes) is 1. The molecule has 20 heavy (non-hydrogen) atoms. The molecular weight excluding hydrogens is 274 g/mol. The standard InChI is InChI=1S/C14H20ClN5/c1-3-4-7-20(10-5-6-10)9-12-17-13(15)11-8-16-19(2)14(11)18-12/h8,10H,3-7,9H2,1-2H3. The van der Waals surface area contributed by atoms with Crippen LogP contribution in [-0.4, -0.2) is 37.2 Å². The summed E-state index contributed by atoms with van der Waals surface area (Å²) in [6, 6.07) is 0.714. The Labute approximate surface area is 124 Å². The molecule has 0 N–H and O–H groups in total. The Hall–Kier alpha value is -1.20. The van der Waals surface area contributed by atoms with Gasteiger partial charge in [0.1, 0.15) is 11.0 Å². The minimum atomic E-state index is 0.504. The van der Waals surface area contributed by atoms with Gasteiger partial charge in [-0.1, -0.05) is 24.9 Å². The molecular formula is C14H20ClN5. The molecule has 2 aromatic heterocycles. The lowest BCUT2D eigenvalue weighted by molar-refractivity contribution is 0.245. The second kappa shape index (κ2) is 5.66. The highest BCUT2D eigenvalue weighted by Gasteiger charge is 2.29. The van der Waals surface area contributed by atoms with E-state index in [1.165, 1.54) is 25.7 Å². The molecule has 0 radical (unpaired) electrons. The molecule has 1 aliphatic carbocycles. The Morgan fingerprint density at radius 2 is 2.20 bits per heavy atom. The Bertz CT molecular complexity index is 605. The van der Waals surface area contributed by atoms with Gasteiger partial charge in [-0.3, -0.25) is 9.58 Å². The summed E-state index contributed by atoms with van der Waals surface area (Å²) in [5.41, 5.74) is 0.811. The Balaban J connectivity index is 1.83. The lowest BCUT2D eigenvalue weighted by atomic mass is 10.3. The van der Waals surface area contributed by atoms with Crippen LogP contribution in [0, 0.1) is 0 Å². The summed E-state index contributed by atoms with van der Waals surface area (Å²) in [5, 5.41) is 5.52. The average Bonchev–Trinajstić information content (AvgIpc) is 3.20. The lowest BCUT2D eigenvalue weighted by Gasteiger charge is -2.20. The van der Waals surface area contributed by atoms with Gasteiger partial charge in [0.15, 0.2) is 5.65 Å². The number of aromatic nitrogens is 4. The molecule has 0 aromatic carbocycles. The van der Waals surface area contributed by atoms with Crippen molar-refractivity contribution in [3.05, 3.63) is 17.2 Å². The third-order valence-corrected chi connectivity index (χ3v) is 4.09. The van der Waals surface area contributed by atoms with E-state index in [9.17, 15) is 0 Å². The molecule has 2 heterocycles. The van der Waals surface area contributed by atoms with Crippen LogP contribution in [0.1, 0.15) is 38.4 Å². The molecule has 6 heteroatoms. The average molecular weight is 294 g/mol. The molecule has 0 atom stereocenters. The molecule has 5 nitrogen and oxygen atoms in total. The van der Waals surface area contributed by atoms with Gasteiger partial charge in [0.05, 0.1) is 18.1 Å². The summed E-state index contributed by atoms with van der Waals surface area (Å²) in [4.78, 5) is 11.5. The second-order valence-corrected chi connectivity index (χ2v) is 5.85. The molecule has 0 spiro atoms. The first-order chi connectivity index (χ1) is 9.69. The number of aryl methyl sites for hydroxylation is 1. The maximum absolute atomic E-state index is 6.24. The quantitative estimate of drug-likeness (QED) is 0.768. The molecule has 2 aromatic rings. The first kappa shape index (κ1) is 13.8. The van der Waals surface area contributed by atoms with E-state index >= 15 is 0 Å². The van der Waals surface area contributed by atoms with Crippen LogP contribution in [0.4, 0.5) is 0 Å². The van der Waals surface area contributed by atoms with Crippen molar-refractivity contribution >= 4 is 22.6 Å². The number of fused-ring (bicyclic) bond motifs is 1. The van der Waals surface area contributed by atoms with Gasteiger partial charge in [0.2, 0.25) is 0 Å². The Morgan fingerprint density at radius 1 is 1.40 bits per heavy atom. The van der Waals surface area contributed by atoms with Gasteiger partial charge in [0, 0.05) is 13.1 Å². The van der Waals surface area contributed by atoms with E-state index in [4.69, 9.17) is 11.6 Å². The van der Waals surface area contributed by atoms with Gasteiger partial charge in [-0.2, -0.15) is 5.10 Å². The normalized spacial score (nSPS) is 15.4. The van der Waals surface area contributed by atoms with Crippen molar-refractivity contribution in [3.8, 4) is 0 Å². The van der Waals surface area contributed by atoms with Crippen molar-refractivity contribution < 1.29 is 0 Å². The van der Waals surface area contributed by atoms with Crippen LogP contribution >= 0.6 is 11.6 Å². The maximum atomic E-state index is 6.24. The van der Waals surface area contributed by atoms with Crippen LogP contribution in [0.25, 0.3) is 11.0 Å². The zero-order chi connectivity index (χ0) is 14.1. The predicted molar refractivity (Wildman–Crippen MR) is 79.7 cm³/mol. The van der Waals surface area contributed by atoms with E-state index in [0.717, 1.165) is 29.9 Å². The van der Waals surface area contributed by atoms with Crippen molar-refractivity contribution in [1.82, 2.24) is 24.6 Å². The SMILES string of the molecule is CCCCN(Cc1nc(Cl)c2cnn(C)c2n1)C1CC1. The van der Waals surface area contributed by atoms with E-state index in [2.05, 4.69) is 26.9 Å². The molecule has 0 aliphatic heterocycles. The maximum Gasteiger partial charge on any atom is 0.162 e.